The van der Waals surface area contributed by atoms with E-state index in [0.717, 1.165) is 5.69 Å². The first-order chi connectivity index (χ1) is 6.73. The summed E-state index contributed by atoms with van der Waals surface area (Å²) < 4.78 is 0. The van der Waals surface area contributed by atoms with Crippen LogP contribution >= 0.6 is 0 Å². The lowest BCUT2D eigenvalue weighted by molar-refractivity contribution is 0.559. The largest absolute Gasteiger partial charge is 0.257 e. The van der Waals surface area contributed by atoms with Gasteiger partial charge in [0.15, 0.2) is 0 Å². The topological polar surface area (TPSA) is 12.9 Å². The predicted molar refractivity (Wildman–Crippen MR) is 66.5 cm³/mol. The molecule has 15 heavy (non-hydrogen) atoms. The molecular formula is C14H23N. The summed E-state index contributed by atoms with van der Waals surface area (Å²) in [6.07, 6.45) is 0. The molecular weight excluding hydrogens is 182 g/mol. The van der Waals surface area contributed by atoms with E-state index >= 15 is 0 Å². The second kappa shape index (κ2) is 3.96. The number of rotatable bonds is 1. The minimum atomic E-state index is 0.139. The molecule has 1 rings (SSSR count). The third-order valence-electron chi connectivity index (χ3n) is 2.77. The average Bonchev–Trinajstić information content (AvgIpc) is 2.06. The molecule has 0 aliphatic rings. The lowest BCUT2D eigenvalue weighted by Gasteiger charge is -2.24. The lowest BCUT2D eigenvalue weighted by Crippen LogP contribution is -2.17. The monoisotopic (exact) mass is 205 g/mol. The Bertz CT molecular complexity index is 356. The molecule has 0 aliphatic carbocycles. The van der Waals surface area contributed by atoms with Gasteiger partial charge in [-0.25, -0.2) is 0 Å². The minimum Gasteiger partial charge on any atom is -0.257 e. The zero-order valence-corrected chi connectivity index (χ0v) is 11.1. The van der Waals surface area contributed by atoms with E-state index in [0.29, 0.717) is 5.92 Å². The van der Waals surface area contributed by atoms with Crippen molar-refractivity contribution in [3.05, 3.63) is 28.6 Å². The van der Waals surface area contributed by atoms with Gasteiger partial charge in [-0.1, -0.05) is 34.6 Å². The van der Waals surface area contributed by atoms with Crippen molar-refractivity contribution in [3.63, 3.8) is 0 Å². The van der Waals surface area contributed by atoms with Crippen LogP contribution in [0, 0.1) is 13.8 Å². The number of hydrogen-bond acceptors (Lipinski definition) is 1. The van der Waals surface area contributed by atoms with E-state index in [1.54, 1.807) is 0 Å². The highest BCUT2D eigenvalue weighted by molar-refractivity contribution is 5.36. The van der Waals surface area contributed by atoms with E-state index < -0.39 is 0 Å². The van der Waals surface area contributed by atoms with Crippen molar-refractivity contribution in [1.82, 2.24) is 4.98 Å². The maximum absolute atomic E-state index is 4.69. The molecule has 0 N–H and O–H groups in total. The van der Waals surface area contributed by atoms with Crippen LogP contribution in [0.4, 0.5) is 0 Å². The maximum atomic E-state index is 4.69. The SMILES string of the molecule is Cc1cc(C(C)C)c(C)c(C(C)(C)C)n1. The molecule has 0 fully saturated rings. The van der Waals surface area contributed by atoms with Gasteiger partial charge >= 0.3 is 0 Å². The highest BCUT2D eigenvalue weighted by Crippen LogP contribution is 2.29. The molecule has 0 spiro atoms. The van der Waals surface area contributed by atoms with Crippen LogP contribution in [0.5, 0.6) is 0 Å². The highest BCUT2D eigenvalue weighted by Gasteiger charge is 2.21. The Balaban J connectivity index is 3.42. The van der Waals surface area contributed by atoms with Crippen molar-refractivity contribution >= 4 is 0 Å². The molecule has 0 atom stereocenters. The van der Waals surface area contributed by atoms with Gasteiger partial charge in [-0.05, 0) is 37.0 Å². The fourth-order valence-electron chi connectivity index (χ4n) is 2.09. The Kier molecular flexibility index (Phi) is 3.22. The molecule has 0 saturated carbocycles. The van der Waals surface area contributed by atoms with Crippen LogP contribution in [0.25, 0.3) is 0 Å². The van der Waals surface area contributed by atoms with E-state index in [1.807, 2.05) is 0 Å². The van der Waals surface area contributed by atoms with Crippen LogP contribution < -0.4 is 0 Å². The van der Waals surface area contributed by atoms with Crippen molar-refractivity contribution in [2.75, 3.05) is 0 Å². The smallest absolute Gasteiger partial charge is 0.0492 e. The number of hydrogen-bond donors (Lipinski definition) is 0. The Morgan fingerprint density at radius 1 is 1.13 bits per heavy atom. The Morgan fingerprint density at radius 3 is 2.07 bits per heavy atom. The van der Waals surface area contributed by atoms with Gasteiger partial charge in [-0.3, -0.25) is 4.98 Å². The second-order valence-corrected chi connectivity index (χ2v) is 5.73. The molecule has 0 bridgehead atoms. The quantitative estimate of drug-likeness (QED) is 0.672. The lowest BCUT2D eigenvalue weighted by atomic mass is 9.85. The molecule has 84 valence electrons. The first kappa shape index (κ1) is 12.2. The third-order valence-corrected chi connectivity index (χ3v) is 2.77. The fourth-order valence-corrected chi connectivity index (χ4v) is 2.09. The van der Waals surface area contributed by atoms with Gasteiger partial charge in [0.05, 0.1) is 0 Å². The Morgan fingerprint density at radius 2 is 1.67 bits per heavy atom. The van der Waals surface area contributed by atoms with Crippen LogP contribution in [0.2, 0.25) is 0 Å². The third kappa shape index (κ3) is 2.58. The summed E-state index contributed by atoms with van der Waals surface area (Å²) in [7, 11) is 0. The zero-order chi connectivity index (χ0) is 11.8. The zero-order valence-electron chi connectivity index (χ0n) is 11.1. The van der Waals surface area contributed by atoms with Crippen LogP contribution in [-0.2, 0) is 5.41 Å². The van der Waals surface area contributed by atoms with Gasteiger partial charge < -0.3 is 0 Å². The summed E-state index contributed by atoms with van der Waals surface area (Å²) in [6, 6.07) is 2.22. The summed E-state index contributed by atoms with van der Waals surface area (Å²) in [6.45, 7) is 15.5. The standard InChI is InChI=1S/C14H23N/c1-9(2)12-8-10(3)15-13(11(12)4)14(5,6)7/h8-9H,1-7H3. The van der Waals surface area contributed by atoms with Gasteiger partial charge in [-0.2, -0.15) is 0 Å². The highest BCUT2D eigenvalue weighted by atomic mass is 14.7. The molecule has 1 heterocycles. The predicted octanol–water partition coefficient (Wildman–Crippen LogP) is 4.12. The van der Waals surface area contributed by atoms with E-state index in [4.69, 9.17) is 0 Å². The summed E-state index contributed by atoms with van der Waals surface area (Å²) in [5.74, 6) is 0.577. The maximum Gasteiger partial charge on any atom is 0.0492 e. The minimum absolute atomic E-state index is 0.139. The molecule has 0 aliphatic heterocycles. The normalized spacial score (nSPS) is 12.3. The van der Waals surface area contributed by atoms with Crippen LogP contribution in [0.15, 0.2) is 6.07 Å². The average molecular weight is 205 g/mol. The number of nitrogens with zero attached hydrogens (tertiary/aromatic N) is 1. The van der Waals surface area contributed by atoms with Crippen LogP contribution in [0.1, 0.15) is 63.1 Å². The number of pyridine rings is 1. The first-order valence-corrected chi connectivity index (χ1v) is 5.72. The number of aryl methyl sites for hydroxylation is 1. The first-order valence-electron chi connectivity index (χ1n) is 5.72. The Labute approximate surface area is 93.9 Å². The molecule has 1 heteroatoms. The van der Waals surface area contributed by atoms with Crippen molar-refractivity contribution in [2.45, 2.75) is 59.8 Å². The van der Waals surface area contributed by atoms with Crippen molar-refractivity contribution < 1.29 is 0 Å². The van der Waals surface area contributed by atoms with E-state index in [2.05, 4.69) is 59.5 Å². The van der Waals surface area contributed by atoms with Crippen LogP contribution in [0.3, 0.4) is 0 Å². The second-order valence-electron chi connectivity index (χ2n) is 5.73. The molecule has 0 unspecified atom stereocenters. The molecule has 1 nitrogen and oxygen atoms in total. The molecule has 1 aromatic heterocycles. The van der Waals surface area contributed by atoms with E-state index in [-0.39, 0.29) is 5.41 Å². The molecule has 0 amide bonds. The van der Waals surface area contributed by atoms with E-state index in [9.17, 15) is 0 Å². The summed E-state index contributed by atoms with van der Waals surface area (Å²) in [4.78, 5) is 4.69. The van der Waals surface area contributed by atoms with Gasteiger partial charge in [0.1, 0.15) is 0 Å². The molecule has 0 aromatic carbocycles. The van der Waals surface area contributed by atoms with Gasteiger partial charge in [0, 0.05) is 16.8 Å². The Hall–Kier alpha value is -0.850. The van der Waals surface area contributed by atoms with Crippen molar-refractivity contribution in [3.8, 4) is 0 Å². The van der Waals surface area contributed by atoms with Gasteiger partial charge in [0.2, 0.25) is 0 Å². The van der Waals surface area contributed by atoms with Gasteiger partial charge in [-0.15, -0.1) is 0 Å². The van der Waals surface area contributed by atoms with E-state index in [1.165, 1.54) is 16.8 Å². The molecule has 1 aromatic rings. The molecule has 0 saturated heterocycles. The summed E-state index contributed by atoms with van der Waals surface area (Å²) in [5.41, 5.74) is 5.32. The van der Waals surface area contributed by atoms with Crippen molar-refractivity contribution in [1.29, 1.82) is 0 Å². The molecule has 0 radical (unpaired) electrons. The van der Waals surface area contributed by atoms with Crippen LogP contribution in [-0.4, -0.2) is 4.98 Å². The number of aromatic nitrogens is 1. The summed E-state index contributed by atoms with van der Waals surface area (Å²) in [5, 5.41) is 0. The summed E-state index contributed by atoms with van der Waals surface area (Å²) >= 11 is 0. The van der Waals surface area contributed by atoms with Gasteiger partial charge in [0.25, 0.3) is 0 Å². The fraction of sp³-hybridized carbons (Fsp3) is 0.643. The van der Waals surface area contributed by atoms with Crippen molar-refractivity contribution in [2.24, 2.45) is 0 Å².